The van der Waals surface area contributed by atoms with Crippen LogP contribution in [0.15, 0.2) is 34.8 Å². The molecule has 158 valence electrons. The normalized spacial score (nSPS) is 27.0. The first-order valence-corrected chi connectivity index (χ1v) is 11.7. The zero-order valence-corrected chi connectivity index (χ0v) is 18.5. The van der Waals surface area contributed by atoms with Crippen molar-refractivity contribution < 1.29 is 13.2 Å². The van der Waals surface area contributed by atoms with Gasteiger partial charge >= 0.3 is 0 Å². The van der Waals surface area contributed by atoms with Crippen LogP contribution in [0.5, 0.6) is 0 Å². The third-order valence-electron chi connectivity index (χ3n) is 7.00. The lowest BCUT2D eigenvalue weighted by atomic mass is 9.70. The number of carbonyl (C=O) groups excluding carboxylic acids is 1. The number of nitrogens with one attached hydrogen (secondary N) is 2. The molecule has 2 fully saturated rings. The van der Waals surface area contributed by atoms with Gasteiger partial charge in [0.2, 0.25) is 15.9 Å². The molecule has 3 rings (SSSR count). The second-order valence-electron chi connectivity index (χ2n) is 8.99. The molecule has 2 aliphatic rings. The van der Waals surface area contributed by atoms with E-state index < -0.39 is 10.0 Å². The van der Waals surface area contributed by atoms with Crippen LogP contribution in [0.1, 0.15) is 57.6 Å². The van der Waals surface area contributed by atoms with Crippen LogP contribution in [0, 0.1) is 23.7 Å². The molecule has 0 radical (unpaired) electrons. The van der Waals surface area contributed by atoms with E-state index in [1.54, 1.807) is 0 Å². The van der Waals surface area contributed by atoms with E-state index in [2.05, 4.69) is 36.0 Å². The van der Waals surface area contributed by atoms with Gasteiger partial charge in [0.25, 0.3) is 0 Å². The Morgan fingerprint density at radius 1 is 1.24 bits per heavy atom. The first kappa shape index (κ1) is 21.7. The van der Waals surface area contributed by atoms with Crippen molar-refractivity contribution in [3.05, 3.63) is 40.8 Å². The van der Waals surface area contributed by atoms with Crippen LogP contribution in [0.3, 0.4) is 0 Å². The van der Waals surface area contributed by atoms with E-state index in [9.17, 15) is 13.2 Å². The Kier molecular flexibility index (Phi) is 6.01. The van der Waals surface area contributed by atoms with Gasteiger partial charge in [0, 0.05) is 29.5 Å². The fourth-order valence-corrected chi connectivity index (χ4v) is 5.30. The van der Waals surface area contributed by atoms with Crippen molar-refractivity contribution in [2.75, 3.05) is 6.54 Å². The molecular weight excluding hydrogens is 386 g/mol. The zero-order chi connectivity index (χ0) is 21.3. The van der Waals surface area contributed by atoms with Gasteiger partial charge in [-0.15, -0.1) is 0 Å². The predicted molar refractivity (Wildman–Crippen MR) is 117 cm³/mol. The van der Waals surface area contributed by atoms with Gasteiger partial charge in [-0.25, -0.2) is 18.6 Å². The second kappa shape index (κ2) is 8.03. The molecule has 0 aromatic heterocycles. The van der Waals surface area contributed by atoms with E-state index >= 15 is 0 Å². The quantitative estimate of drug-likeness (QED) is 0.665. The predicted octanol–water partition coefficient (Wildman–Crippen LogP) is 3.59. The Bertz CT molecular complexity index is 933. The molecule has 29 heavy (non-hydrogen) atoms. The lowest BCUT2D eigenvalue weighted by Gasteiger charge is -2.34. The highest BCUT2D eigenvalue weighted by molar-refractivity contribution is 7.92. The molecule has 2 aliphatic carbocycles. The molecule has 0 spiro atoms. The summed E-state index contributed by atoms with van der Waals surface area (Å²) in [5.74, 6) is 0.335. The van der Waals surface area contributed by atoms with Crippen molar-refractivity contribution in [2.45, 2.75) is 53.4 Å². The number of benzene rings is 1. The number of aryl methyl sites for hydroxylation is 1. The number of nitrogens with zero attached hydrogens (tertiary/aromatic N) is 1. The number of carbonyl (C=O) groups is 1. The number of amides is 1. The first-order chi connectivity index (χ1) is 13.5. The summed E-state index contributed by atoms with van der Waals surface area (Å²) in [7, 11) is -3.59. The Hall–Kier alpha value is -1.99. The highest BCUT2D eigenvalue weighted by atomic mass is 32.2. The van der Waals surface area contributed by atoms with Gasteiger partial charge in [-0.1, -0.05) is 50.6 Å². The molecule has 0 heterocycles. The summed E-state index contributed by atoms with van der Waals surface area (Å²) in [6.45, 7) is 8.81. The van der Waals surface area contributed by atoms with E-state index in [1.807, 2.05) is 31.2 Å². The van der Waals surface area contributed by atoms with Crippen LogP contribution in [0.25, 0.3) is 6.08 Å². The van der Waals surface area contributed by atoms with Crippen molar-refractivity contribution in [1.82, 2.24) is 10.1 Å². The average molecular weight is 418 g/mol. The van der Waals surface area contributed by atoms with E-state index in [0.29, 0.717) is 5.92 Å². The van der Waals surface area contributed by atoms with E-state index in [-0.39, 0.29) is 29.7 Å². The topological polar surface area (TPSA) is 87.6 Å². The molecule has 0 unspecified atom stereocenters. The van der Waals surface area contributed by atoms with Gasteiger partial charge in [0.15, 0.2) is 0 Å². The molecule has 2 atom stereocenters. The number of hydrogen-bond donors (Lipinski definition) is 2. The number of hydrogen-bond acceptors (Lipinski definition) is 4. The van der Waals surface area contributed by atoms with E-state index in [1.165, 1.54) is 12.5 Å². The average Bonchev–Trinajstić information content (AvgIpc) is 2.99. The van der Waals surface area contributed by atoms with Gasteiger partial charge in [-0.3, -0.25) is 4.79 Å². The van der Waals surface area contributed by atoms with Crippen LogP contribution in [0.2, 0.25) is 0 Å². The lowest BCUT2D eigenvalue weighted by Crippen LogP contribution is -2.34. The summed E-state index contributed by atoms with van der Waals surface area (Å²) < 4.78 is 26.5. The minimum atomic E-state index is -3.59. The van der Waals surface area contributed by atoms with Crippen molar-refractivity contribution >= 4 is 27.7 Å². The Balaban J connectivity index is 1.47. The fourth-order valence-electron chi connectivity index (χ4n) is 4.48. The first-order valence-electron chi connectivity index (χ1n) is 10.1. The minimum Gasteiger partial charge on any atom is -0.273 e. The van der Waals surface area contributed by atoms with Crippen molar-refractivity contribution in [2.24, 2.45) is 21.8 Å². The zero-order valence-electron chi connectivity index (χ0n) is 17.7. The molecule has 6 nitrogen and oxygen atoms in total. The summed E-state index contributed by atoms with van der Waals surface area (Å²) in [5, 5.41) is 5.52. The van der Waals surface area contributed by atoms with Crippen LogP contribution >= 0.6 is 0 Å². The molecule has 0 saturated heterocycles. The summed E-state index contributed by atoms with van der Waals surface area (Å²) in [5.41, 5.74) is 5.84. The Labute approximate surface area is 173 Å². The van der Waals surface area contributed by atoms with Crippen LogP contribution in [-0.2, 0) is 14.8 Å². The highest BCUT2D eigenvalue weighted by Crippen LogP contribution is 2.63. The molecular formula is C22H31N3O3S. The molecule has 1 aromatic carbocycles. The molecule has 7 heteroatoms. The van der Waals surface area contributed by atoms with Gasteiger partial charge in [0.1, 0.15) is 0 Å². The van der Waals surface area contributed by atoms with E-state index in [0.717, 1.165) is 35.1 Å². The van der Waals surface area contributed by atoms with Crippen molar-refractivity contribution in [1.29, 1.82) is 0 Å². The smallest absolute Gasteiger partial charge is 0.241 e. The van der Waals surface area contributed by atoms with Crippen LogP contribution in [0.4, 0.5) is 0 Å². The van der Waals surface area contributed by atoms with E-state index in [4.69, 9.17) is 0 Å². The maximum Gasteiger partial charge on any atom is 0.241 e. The summed E-state index contributed by atoms with van der Waals surface area (Å²) >= 11 is 0. The van der Waals surface area contributed by atoms with Gasteiger partial charge < -0.3 is 0 Å². The summed E-state index contributed by atoms with van der Waals surface area (Å²) in [6.07, 6.45) is 4.82. The lowest BCUT2D eigenvalue weighted by molar-refractivity contribution is -0.120. The van der Waals surface area contributed by atoms with Gasteiger partial charge in [0.05, 0.1) is 0 Å². The highest BCUT2D eigenvalue weighted by Gasteiger charge is 2.59. The fraction of sp³-hybridized carbons (Fsp3) is 0.545. The molecule has 0 aliphatic heterocycles. The molecule has 2 saturated carbocycles. The number of rotatable bonds is 7. The van der Waals surface area contributed by atoms with Gasteiger partial charge in [-0.2, -0.15) is 5.10 Å². The largest absolute Gasteiger partial charge is 0.273 e. The molecule has 2 N–H and O–H groups in total. The third-order valence-corrected chi connectivity index (χ3v) is 8.10. The van der Waals surface area contributed by atoms with Crippen molar-refractivity contribution in [3.63, 3.8) is 0 Å². The summed E-state index contributed by atoms with van der Waals surface area (Å²) in [4.78, 5) is 12.1. The number of fused-ring (bicyclic) bond motifs is 2. The maximum absolute atomic E-state index is 12.1. The van der Waals surface area contributed by atoms with Crippen LogP contribution in [-0.4, -0.2) is 26.6 Å². The van der Waals surface area contributed by atoms with Crippen LogP contribution < -0.4 is 10.1 Å². The maximum atomic E-state index is 12.1. The molecule has 2 bridgehead atoms. The summed E-state index contributed by atoms with van der Waals surface area (Å²) in [6, 6.07) is 7.55. The second-order valence-corrected chi connectivity index (χ2v) is 10.6. The molecule has 1 aromatic rings. The minimum absolute atomic E-state index is 0.0304. The Morgan fingerprint density at radius 3 is 2.52 bits per heavy atom. The number of sulfonamides is 1. The standard InChI is InChI=1S/C22H31N3O3S/c1-16-5-7-17(8-6-16)11-14-29(27,28)23-13-10-20(26)25-24-19-15-18-9-12-22(19,4)21(18,2)3/h5-8,11,14,18,23H,9-10,12-13,15H2,1-4H3,(H,25,26)/b14-11+,24-19-/t18-,22-/m0/s1. The third kappa shape index (κ3) is 4.61. The van der Waals surface area contributed by atoms with Crippen molar-refractivity contribution in [3.8, 4) is 0 Å². The SMILES string of the molecule is Cc1ccc(/C=C/S(=O)(=O)NCCC(=O)N/N=C2/C[C@@H]3CC[C@]2(C)C3(C)C)cc1. The monoisotopic (exact) mass is 417 g/mol. The van der Waals surface area contributed by atoms with Gasteiger partial charge in [-0.05, 0) is 49.2 Å². The molecule has 1 amide bonds. The number of hydrazone groups is 1. The Morgan fingerprint density at radius 2 is 1.93 bits per heavy atom.